The standard InChI is InChI=1S/C24H25N3O3/c1-3-14-30-22-13-10-18-6-4-5-7-20(18)21(22)16-25-27-24(29)15-23(28)26-19-11-8-17(2)9-12-19/h4-13,16H,3,14-15H2,1-2H3,(H,26,28)(H,27,29). The lowest BCUT2D eigenvalue weighted by Gasteiger charge is -2.11. The molecule has 6 heteroatoms. The summed E-state index contributed by atoms with van der Waals surface area (Å²) in [6, 6.07) is 19.1. The van der Waals surface area contributed by atoms with Crippen LogP contribution in [0.15, 0.2) is 65.8 Å². The number of benzene rings is 3. The molecule has 30 heavy (non-hydrogen) atoms. The van der Waals surface area contributed by atoms with E-state index in [-0.39, 0.29) is 6.42 Å². The molecular formula is C24H25N3O3. The van der Waals surface area contributed by atoms with Crippen molar-refractivity contribution in [2.75, 3.05) is 11.9 Å². The maximum Gasteiger partial charge on any atom is 0.249 e. The molecule has 0 aliphatic heterocycles. The molecule has 0 atom stereocenters. The summed E-state index contributed by atoms with van der Waals surface area (Å²) in [4.78, 5) is 24.1. The molecule has 0 unspecified atom stereocenters. The Bertz CT molecular complexity index is 1060. The average Bonchev–Trinajstić information content (AvgIpc) is 2.74. The summed E-state index contributed by atoms with van der Waals surface area (Å²) < 4.78 is 5.82. The number of hydrazone groups is 1. The van der Waals surface area contributed by atoms with Crippen molar-refractivity contribution in [3.63, 3.8) is 0 Å². The quantitative estimate of drug-likeness (QED) is 0.332. The smallest absolute Gasteiger partial charge is 0.249 e. The van der Waals surface area contributed by atoms with E-state index >= 15 is 0 Å². The van der Waals surface area contributed by atoms with Crippen LogP contribution in [0.3, 0.4) is 0 Å². The minimum Gasteiger partial charge on any atom is -0.493 e. The van der Waals surface area contributed by atoms with Gasteiger partial charge in [-0.15, -0.1) is 0 Å². The lowest BCUT2D eigenvalue weighted by Crippen LogP contribution is -2.24. The fourth-order valence-electron chi connectivity index (χ4n) is 2.94. The molecule has 2 N–H and O–H groups in total. The summed E-state index contributed by atoms with van der Waals surface area (Å²) in [5.41, 5.74) is 4.94. The van der Waals surface area contributed by atoms with E-state index in [1.54, 1.807) is 18.3 Å². The number of fused-ring (bicyclic) bond motifs is 1. The fourth-order valence-corrected chi connectivity index (χ4v) is 2.94. The Balaban J connectivity index is 1.65. The monoisotopic (exact) mass is 403 g/mol. The first-order valence-corrected chi connectivity index (χ1v) is 9.90. The number of aryl methyl sites for hydroxylation is 1. The van der Waals surface area contributed by atoms with Crippen molar-refractivity contribution >= 4 is 34.5 Å². The van der Waals surface area contributed by atoms with Gasteiger partial charge in [-0.3, -0.25) is 9.59 Å². The van der Waals surface area contributed by atoms with E-state index in [9.17, 15) is 9.59 Å². The number of nitrogens with one attached hydrogen (secondary N) is 2. The van der Waals surface area contributed by atoms with Crippen LogP contribution in [-0.4, -0.2) is 24.6 Å². The van der Waals surface area contributed by atoms with Gasteiger partial charge < -0.3 is 10.1 Å². The first kappa shape index (κ1) is 21.0. The molecular weight excluding hydrogens is 378 g/mol. The summed E-state index contributed by atoms with van der Waals surface area (Å²) in [6.07, 6.45) is 2.12. The van der Waals surface area contributed by atoms with Gasteiger partial charge in [0.1, 0.15) is 12.2 Å². The summed E-state index contributed by atoms with van der Waals surface area (Å²) in [5, 5.41) is 8.76. The summed E-state index contributed by atoms with van der Waals surface area (Å²) in [5.74, 6) is -0.193. The molecule has 0 saturated carbocycles. The third kappa shape index (κ3) is 5.67. The Labute approximate surface area is 175 Å². The molecule has 0 saturated heterocycles. The molecule has 0 heterocycles. The lowest BCUT2D eigenvalue weighted by molar-refractivity contribution is -0.126. The second-order valence-corrected chi connectivity index (χ2v) is 6.93. The minimum absolute atomic E-state index is 0.319. The number of amides is 2. The van der Waals surface area contributed by atoms with E-state index in [0.29, 0.717) is 18.0 Å². The summed E-state index contributed by atoms with van der Waals surface area (Å²) in [7, 11) is 0. The van der Waals surface area contributed by atoms with Gasteiger partial charge in [-0.1, -0.05) is 55.0 Å². The van der Waals surface area contributed by atoms with E-state index < -0.39 is 11.8 Å². The highest BCUT2D eigenvalue weighted by molar-refractivity contribution is 6.05. The van der Waals surface area contributed by atoms with E-state index in [1.165, 1.54) is 0 Å². The van der Waals surface area contributed by atoms with Crippen LogP contribution in [0.5, 0.6) is 5.75 Å². The van der Waals surface area contributed by atoms with Gasteiger partial charge in [-0.25, -0.2) is 5.43 Å². The van der Waals surface area contributed by atoms with Crippen molar-refractivity contribution in [1.29, 1.82) is 0 Å². The Hall–Kier alpha value is -3.67. The van der Waals surface area contributed by atoms with Gasteiger partial charge in [0, 0.05) is 11.3 Å². The number of rotatable bonds is 8. The maximum absolute atomic E-state index is 12.1. The first-order chi connectivity index (χ1) is 14.6. The number of hydrogen-bond acceptors (Lipinski definition) is 4. The zero-order chi connectivity index (χ0) is 21.3. The fraction of sp³-hybridized carbons (Fsp3) is 0.208. The number of hydrogen-bond donors (Lipinski definition) is 2. The van der Waals surface area contributed by atoms with Gasteiger partial charge in [0.05, 0.1) is 12.8 Å². The highest BCUT2D eigenvalue weighted by Gasteiger charge is 2.10. The number of carbonyl (C=O) groups is 2. The molecule has 0 radical (unpaired) electrons. The molecule has 0 fully saturated rings. The molecule has 0 bridgehead atoms. The van der Waals surface area contributed by atoms with Crippen LogP contribution in [0.25, 0.3) is 10.8 Å². The third-order valence-electron chi connectivity index (χ3n) is 4.43. The third-order valence-corrected chi connectivity index (χ3v) is 4.43. The molecule has 0 aliphatic rings. The predicted molar refractivity (Wildman–Crippen MR) is 120 cm³/mol. The zero-order valence-corrected chi connectivity index (χ0v) is 17.1. The van der Waals surface area contributed by atoms with Crippen molar-refractivity contribution in [3.05, 3.63) is 71.8 Å². The average molecular weight is 403 g/mol. The molecule has 2 amide bonds. The Morgan fingerprint density at radius 1 is 1.00 bits per heavy atom. The highest BCUT2D eigenvalue weighted by Crippen LogP contribution is 2.26. The number of nitrogens with zero attached hydrogens (tertiary/aromatic N) is 1. The Kier molecular flexibility index (Phi) is 7.16. The highest BCUT2D eigenvalue weighted by atomic mass is 16.5. The Morgan fingerprint density at radius 3 is 2.53 bits per heavy atom. The molecule has 0 aliphatic carbocycles. The van der Waals surface area contributed by atoms with Gasteiger partial charge in [0.15, 0.2) is 0 Å². The minimum atomic E-state index is -0.493. The van der Waals surface area contributed by atoms with Crippen LogP contribution in [-0.2, 0) is 9.59 Å². The second-order valence-electron chi connectivity index (χ2n) is 6.93. The van der Waals surface area contributed by atoms with Crippen molar-refractivity contribution < 1.29 is 14.3 Å². The van der Waals surface area contributed by atoms with Crippen molar-refractivity contribution in [3.8, 4) is 5.75 Å². The van der Waals surface area contributed by atoms with Gasteiger partial charge in [-0.2, -0.15) is 5.10 Å². The SMILES string of the molecule is CCCOc1ccc2ccccc2c1C=NNC(=O)CC(=O)Nc1ccc(C)cc1. The lowest BCUT2D eigenvalue weighted by atomic mass is 10.0. The van der Waals surface area contributed by atoms with Gasteiger partial charge >= 0.3 is 0 Å². The van der Waals surface area contributed by atoms with Gasteiger partial charge in [0.25, 0.3) is 0 Å². The predicted octanol–water partition coefficient (Wildman–Crippen LogP) is 4.42. The molecule has 6 nitrogen and oxygen atoms in total. The zero-order valence-electron chi connectivity index (χ0n) is 17.1. The summed E-state index contributed by atoms with van der Waals surface area (Å²) >= 11 is 0. The summed E-state index contributed by atoms with van der Waals surface area (Å²) in [6.45, 7) is 4.59. The van der Waals surface area contributed by atoms with Crippen LogP contribution in [0.1, 0.15) is 30.9 Å². The van der Waals surface area contributed by atoms with E-state index in [2.05, 4.69) is 15.8 Å². The number of anilines is 1. The van der Waals surface area contributed by atoms with E-state index in [4.69, 9.17) is 4.74 Å². The topological polar surface area (TPSA) is 79.8 Å². The van der Waals surface area contributed by atoms with Crippen LogP contribution in [0.4, 0.5) is 5.69 Å². The molecule has 154 valence electrons. The van der Waals surface area contributed by atoms with Crippen molar-refractivity contribution in [2.45, 2.75) is 26.7 Å². The van der Waals surface area contributed by atoms with Crippen LogP contribution in [0.2, 0.25) is 0 Å². The Morgan fingerprint density at radius 2 is 1.77 bits per heavy atom. The van der Waals surface area contributed by atoms with Crippen molar-refractivity contribution in [2.24, 2.45) is 5.10 Å². The molecule has 0 aromatic heterocycles. The van der Waals surface area contributed by atoms with Crippen LogP contribution >= 0.6 is 0 Å². The first-order valence-electron chi connectivity index (χ1n) is 9.90. The molecule has 3 aromatic carbocycles. The van der Waals surface area contributed by atoms with Crippen LogP contribution in [0, 0.1) is 6.92 Å². The van der Waals surface area contributed by atoms with Crippen LogP contribution < -0.4 is 15.5 Å². The van der Waals surface area contributed by atoms with E-state index in [1.807, 2.05) is 62.4 Å². The van der Waals surface area contributed by atoms with Gasteiger partial charge in [0.2, 0.25) is 11.8 Å². The largest absolute Gasteiger partial charge is 0.493 e. The number of carbonyl (C=O) groups excluding carboxylic acids is 2. The number of ether oxygens (including phenoxy) is 1. The van der Waals surface area contributed by atoms with E-state index in [0.717, 1.165) is 28.3 Å². The normalized spacial score (nSPS) is 10.9. The van der Waals surface area contributed by atoms with Gasteiger partial charge in [-0.05, 0) is 42.3 Å². The molecule has 3 rings (SSSR count). The second kappa shape index (κ2) is 10.2. The van der Waals surface area contributed by atoms with Crippen molar-refractivity contribution in [1.82, 2.24) is 5.43 Å². The maximum atomic E-state index is 12.1. The molecule has 3 aromatic rings. The molecule has 0 spiro atoms.